The van der Waals surface area contributed by atoms with Crippen LogP contribution in [0.1, 0.15) is 49.3 Å². The van der Waals surface area contributed by atoms with Crippen LogP contribution in [0.3, 0.4) is 0 Å². The van der Waals surface area contributed by atoms with Gasteiger partial charge in [0.1, 0.15) is 35.1 Å². The quantitative estimate of drug-likeness (QED) is 0.138. The second-order valence-corrected chi connectivity index (χ2v) is 16.1. The molecule has 0 amide bonds. The Hall–Kier alpha value is -3.91. The van der Waals surface area contributed by atoms with Gasteiger partial charge in [-0.15, -0.1) is 0 Å². The Kier molecular flexibility index (Phi) is 11.8. The lowest BCUT2D eigenvalue weighted by molar-refractivity contribution is -0.870. The predicted octanol–water partition coefficient (Wildman–Crippen LogP) is 6.62. The number of sulfonamides is 1. The van der Waals surface area contributed by atoms with Crippen LogP contribution in [0.5, 0.6) is 5.75 Å². The summed E-state index contributed by atoms with van der Waals surface area (Å²) in [5.41, 5.74) is 1.05. The number of imidazole rings is 1. The molecule has 1 heterocycles. The van der Waals surface area contributed by atoms with E-state index in [4.69, 9.17) is 16.3 Å². The van der Waals surface area contributed by atoms with E-state index in [0.29, 0.717) is 61.9 Å². The summed E-state index contributed by atoms with van der Waals surface area (Å²) in [5.74, 6) is -3.09. The van der Waals surface area contributed by atoms with Crippen molar-refractivity contribution in [2.75, 3.05) is 41.8 Å². The lowest BCUT2D eigenvalue weighted by Gasteiger charge is -2.28. The summed E-state index contributed by atoms with van der Waals surface area (Å²) in [6.07, 6.45) is 1.93. The molecule has 0 aliphatic rings. The lowest BCUT2D eigenvalue weighted by atomic mass is 9.81. The number of carboxylic acids is 1. The topological polar surface area (TPSA) is 102 Å². The molecule has 9 nitrogen and oxygen atoms in total. The van der Waals surface area contributed by atoms with Gasteiger partial charge in [-0.05, 0) is 73.4 Å². The number of carboxylic acid groups (broad SMARTS) is 1. The third kappa shape index (κ3) is 8.51. The van der Waals surface area contributed by atoms with E-state index in [2.05, 4.69) is 4.98 Å². The number of ether oxygens (including phenoxy) is 1. The van der Waals surface area contributed by atoms with Crippen LogP contribution in [0.25, 0.3) is 5.69 Å². The highest BCUT2D eigenvalue weighted by Gasteiger charge is 2.35. The number of hydrogen-bond donors (Lipinski definition) is 1. The van der Waals surface area contributed by atoms with Crippen LogP contribution >= 0.6 is 11.6 Å². The minimum Gasteiger partial charge on any atom is -0.495 e. The first kappa shape index (κ1) is 38.9. The summed E-state index contributed by atoms with van der Waals surface area (Å²) in [7, 11) is 3.83. The molecule has 0 aliphatic heterocycles. The number of hydrogen-bond acceptors (Lipinski definition) is 5. The Bertz CT molecular complexity index is 1940. The van der Waals surface area contributed by atoms with Crippen LogP contribution in [-0.4, -0.2) is 85.7 Å². The molecular weight excluding hydrogens is 693 g/mol. The van der Waals surface area contributed by atoms with Crippen LogP contribution in [0, 0.1) is 17.5 Å². The van der Waals surface area contributed by atoms with Gasteiger partial charge < -0.3 is 14.3 Å². The fourth-order valence-electron chi connectivity index (χ4n) is 5.84. The van der Waals surface area contributed by atoms with E-state index in [-0.39, 0.29) is 24.8 Å². The molecule has 0 saturated heterocycles. The van der Waals surface area contributed by atoms with Crippen LogP contribution in [0.15, 0.2) is 65.7 Å². The molecule has 14 heteroatoms. The van der Waals surface area contributed by atoms with Crippen molar-refractivity contribution in [2.24, 2.45) is 0 Å². The number of quaternary nitrogens is 1. The van der Waals surface area contributed by atoms with Crippen molar-refractivity contribution < 1.29 is 40.7 Å². The first-order chi connectivity index (χ1) is 23.3. The zero-order valence-corrected chi connectivity index (χ0v) is 30.7. The standard InChI is InChI=1S/C36H42ClF3N4O5S/c1-36(2,23-10-16-28(37)32(19-23)49-7)33-22-41-34(43(33)25-13-11-24(38)12-14-25)17-15-27-29(39)20-26(21-30(27)40)50(47,48)42(3)31(35(45)46)9-8-18-44(4,5)6/h10-14,16,19-22,31H,8-9,15,17-18H2,1-7H3/p+1/t31-/m0/s1. The number of aromatic nitrogens is 2. The molecule has 1 N–H and O–H groups in total. The van der Waals surface area contributed by atoms with Crippen molar-refractivity contribution in [3.8, 4) is 11.4 Å². The number of aryl methyl sites for hydroxylation is 1. The molecule has 0 saturated carbocycles. The van der Waals surface area contributed by atoms with Crippen LogP contribution in [0.4, 0.5) is 13.2 Å². The van der Waals surface area contributed by atoms with Gasteiger partial charge in [0.25, 0.3) is 0 Å². The minimum absolute atomic E-state index is 0.0225. The Morgan fingerprint density at radius 3 is 2.22 bits per heavy atom. The molecular formula is C36H43ClF3N4O5S+. The van der Waals surface area contributed by atoms with Crippen molar-refractivity contribution in [1.82, 2.24) is 13.9 Å². The molecule has 1 atom stereocenters. The molecule has 50 heavy (non-hydrogen) atoms. The molecule has 1 aromatic heterocycles. The number of methoxy groups -OCH3 is 1. The van der Waals surface area contributed by atoms with Gasteiger partial charge >= 0.3 is 5.97 Å². The third-order valence-electron chi connectivity index (χ3n) is 8.85. The molecule has 0 unspecified atom stereocenters. The maximum Gasteiger partial charge on any atom is 0.322 e. The largest absolute Gasteiger partial charge is 0.495 e. The molecule has 270 valence electrons. The highest BCUT2D eigenvalue weighted by atomic mass is 35.5. The van der Waals surface area contributed by atoms with Crippen molar-refractivity contribution in [2.45, 2.75) is 55.9 Å². The summed E-state index contributed by atoms with van der Waals surface area (Å²) in [6.45, 7) is 4.53. The third-order valence-corrected chi connectivity index (χ3v) is 11.0. The van der Waals surface area contributed by atoms with E-state index in [0.717, 1.165) is 12.6 Å². The highest BCUT2D eigenvalue weighted by Crippen LogP contribution is 2.38. The highest BCUT2D eigenvalue weighted by molar-refractivity contribution is 7.89. The van der Waals surface area contributed by atoms with Gasteiger partial charge in [0, 0.05) is 36.3 Å². The summed E-state index contributed by atoms with van der Waals surface area (Å²) in [4.78, 5) is 15.9. The molecule has 0 radical (unpaired) electrons. The van der Waals surface area contributed by atoms with Gasteiger partial charge in [-0.1, -0.05) is 31.5 Å². The van der Waals surface area contributed by atoms with Gasteiger partial charge in [-0.3, -0.25) is 9.36 Å². The number of nitrogens with zero attached hydrogens (tertiary/aromatic N) is 4. The summed E-state index contributed by atoms with van der Waals surface area (Å²) < 4.78 is 80.3. The maximum atomic E-state index is 15.6. The Balaban J connectivity index is 1.66. The lowest BCUT2D eigenvalue weighted by Crippen LogP contribution is -2.43. The molecule has 3 aromatic carbocycles. The number of halogens is 4. The van der Waals surface area contributed by atoms with Crippen molar-refractivity contribution in [3.63, 3.8) is 0 Å². The zero-order valence-electron chi connectivity index (χ0n) is 29.2. The SMILES string of the molecule is COc1cc(C(C)(C)c2cnc(CCc3c(F)cc(S(=O)(=O)N(C)[C@@H](CCC[N+](C)(C)C)C(=O)O)cc3F)n2-c2ccc(F)cc2)ccc1Cl. The second kappa shape index (κ2) is 15.1. The van der Waals surface area contributed by atoms with E-state index >= 15 is 8.78 Å². The molecule has 0 aliphatic carbocycles. The van der Waals surface area contributed by atoms with Gasteiger partial charge in [0.15, 0.2) is 0 Å². The summed E-state index contributed by atoms with van der Waals surface area (Å²) >= 11 is 6.27. The van der Waals surface area contributed by atoms with Gasteiger partial charge in [-0.2, -0.15) is 4.31 Å². The number of carbonyl (C=O) groups is 1. The summed E-state index contributed by atoms with van der Waals surface area (Å²) in [6, 6.07) is 11.1. The molecule has 0 fully saturated rings. The monoisotopic (exact) mass is 735 g/mol. The van der Waals surface area contributed by atoms with Gasteiger partial charge in [0.05, 0.1) is 50.4 Å². The van der Waals surface area contributed by atoms with Gasteiger partial charge in [-0.25, -0.2) is 26.6 Å². The first-order valence-corrected chi connectivity index (χ1v) is 17.8. The van der Waals surface area contributed by atoms with E-state index in [1.165, 1.54) is 19.2 Å². The van der Waals surface area contributed by atoms with Crippen molar-refractivity contribution in [1.29, 1.82) is 0 Å². The first-order valence-electron chi connectivity index (χ1n) is 15.9. The van der Waals surface area contributed by atoms with Crippen molar-refractivity contribution >= 4 is 27.6 Å². The second-order valence-electron chi connectivity index (χ2n) is 13.7. The number of aliphatic carboxylic acids is 1. The van der Waals surface area contributed by atoms with Crippen LogP contribution < -0.4 is 4.74 Å². The van der Waals surface area contributed by atoms with Crippen LogP contribution in [-0.2, 0) is 33.1 Å². The predicted molar refractivity (Wildman–Crippen MR) is 186 cm³/mol. The number of rotatable bonds is 15. The number of likely N-dealkylation sites (N-methyl/N-ethyl adjacent to an activating group) is 1. The molecule has 0 spiro atoms. The molecule has 0 bridgehead atoms. The van der Waals surface area contributed by atoms with Crippen LogP contribution in [0.2, 0.25) is 5.02 Å². The Morgan fingerprint density at radius 1 is 1.04 bits per heavy atom. The summed E-state index contributed by atoms with van der Waals surface area (Å²) in [5, 5.41) is 10.2. The normalized spacial score (nSPS) is 13.1. The number of benzene rings is 3. The molecule has 4 aromatic rings. The average Bonchev–Trinajstić information content (AvgIpc) is 3.47. The zero-order chi connectivity index (χ0) is 37.2. The Morgan fingerprint density at radius 2 is 1.66 bits per heavy atom. The van der Waals surface area contributed by atoms with Crippen molar-refractivity contribution in [3.05, 3.63) is 106 Å². The fourth-order valence-corrected chi connectivity index (χ4v) is 7.40. The average molecular weight is 736 g/mol. The smallest absolute Gasteiger partial charge is 0.322 e. The van der Waals surface area contributed by atoms with E-state index in [1.54, 1.807) is 29.0 Å². The maximum absolute atomic E-state index is 15.6. The van der Waals surface area contributed by atoms with E-state index in [1.807, 2.05) is 47.1 Å². The molecule has 4 rings (SSSR count). The van der Waals surface area contributed by atoms with Gasteiger partial charge in [0.2, 0.25) is 10.0 Å². The van der Waals surface area contributed by atoms with E-state index in [9.17, 15) is 22.7 Å². The minimum atomic E-state index is -4.57. The fraction of sp³-hybridized carbons (Fsp3) is 0.389. The Labute approximate surface area is 296 Å². The van der Waals surface area contributed by atoms with E-state index < -0.39 is 49.8 Å².